The molecule has 0 spiro atoms. The van der Waals surface area contributed by atoms with Crippen LogP contribution in [0.3, 0.4) is 0 Å². The van der Waals surface area contributed by atoms with Crippen molar-refractivity contribution >= 4 is 22.3 Å². The van der Waals surface area contributed by atoms with Crippen LogP contribution in [0.25, 0.3) is 10.9 Å². The number of anilines is 1. The van der Waals surface area contributed by atoms with Crippen molar-refractivity contribution in [3.63, 3.8) is 0 Å². The first kappa shape index (κ1) is 14.0. The Bertz CT molecular complexity index is 668. The molecule has 3 N–H and O–H groups in total. The summed E-state index contributed by atoms with van der Waals surface area (Å²) in [6.45, 7) is 2.99. The normalized spacial score (nSPS) is 11.1. The Hall–Kier alpha value is -2.47. The summed E-state index contributed by atoms with van der Waals surface area (Å²) in [6, 6.07) is 6.55. The highest BCUT2D eigenvalue weighted by atomic mass is 16.6. The molecular weight excluding hydrogens is 256 g/mol. The number of hydrogen-bond donors (Lipinski definition) is 2. The van der Waals surface area contributed by atoms with E-state index in [1.165, 1.54) is 12.1 Å². The Morgan fingerprint density at radius 3 is 2.90 bits per heavy atom. The van der Waals surface area contributed by atoms with E-state index in [0.29, 0.717) is 13.1 Å². The Kier molecular flexibility index (Phi) is 4.27. The summed E-state index contributed by atoms with van der Waals surface area (Å²) in [7, 11) is 0. The van der Waals surface area contributed by atoms with Crippen LogP contribution in [-0.2, 0) is 0 Å². The first-order chi connectivity index (χ1) is 9.61. The van der Waals surface area contributed by atoms with Crippen molar-refractivity contribution in [3.8, 4) is 0 Å². The van der Waals surface area contributed by atoms with Gasteiger partial charge in [-0.1, -0.05) is 12.2 Å². The van der Waals surface area contributed by atoms with Gasteiger partial charge in [-0.15, -0.1) is 0 Å². The van der Waals surface area contributed by atoms with Gasteiger partial charge >= 0.3 is 0 Å². The quantitative estimate of drug-likeness (QED) is 0.495. The van der Waals surface area contributed by atoms with Gasteiger partial charge in [-0.25, -0.2) is 0 Å². The molecule has 0 unspecified atom stereocenters. The van der Waals surface area contributed by atoms with E-state index < -0.39 is 4.92 Å². The van der Waals surface area contributed by atoms with E-state index in [1.54, 1.807) is 6.07 Å². The van der Waals surface area contributed by atoms with Crippen molar-refractivity contribution in [2.45, 2.75) is 6.92 Å². The van der Waals surface area contributed by atoms with Gasteiger partial charge in [-0.05, 0) is 19.1 Å². The van der Waals surface area contributed by atoms with Gasteiger partial charge in [0.1, 0.15) is 0 Å². The minimum Gasteiger partial charge on any atom is -0.381 e. The number of hydrogen-bond acceptors (Lipinski definition) is 5. The number of nitrogens with zero attached hydrogens (tertiary/aromatic N) is 2. The fourth-order valence-corrected chi connectivity index (χ4v) is 1.95. The van der Waals surface area contributed by atoms with Crippen molar-refractivity contribution < 1.29 is 4.92 Å². The zero-order valence-electron chi connectivity index (χ0n) is 11.2. The number of aryl methyl sites for hydroxylation is 1. The maximum Gasteiger partial charge on any atom is 0.270 e. The third-order valence-electron chi connectivity index (χ3n) is 2.84. The zero-order valence-corrected chi connectivity index (χ0v) is 11.2. The van der Waals surface area contributed by atoms with Crippen LogP contribution in [0.1, 0.15) is 5.69 Å². The Balaban J connectivity index is 2.42. The molecule has 104 valence electrons. The Morgan fingerprint density at radius 1 is 1.40 bits per heavy atom. The van der Waals surface area contributed by atoms with Gasteiger partial charge in [-0.2, -0.15) is 0 Å². The SMILES string of the molecule is Cc1cc(NC/C=C/CN)c2cc([N+](=O)[O-])ccc2n1. The molecule has 0 aliphatic carbocycles. The van der Waals surface area contributed by atoms with Crippen LogP contribution in [0.5, 0.6) is 0 Å². The lowest BCUT2D eigenvalue weighted by Crippen LogP contribution is -2.02. The summed E-state index contributed by atoms with van der Waals surface area (Å²) >= 11 is 0. The van der Waals surface area contributed by atoms with Crippen molar-refractivity contribution in [2.75, 3.05) is 18.4 Å². The molecule has 0 bridgehead atoms. The predicted molar refractivity (Wildman–Crippen MR) is 79.8 cm³/mol. The van der Waals surface area contributed by atoms with Gasteiger partial charge in [0.15, 0.2) is 0 Å². The minimum atomic E-state index is -0.405. The Morgan fingerprint density at radius 2 is 2.20 bits per heavy atom. The molecule has 0 aliphatic heterocycles. The van der Waals surface area contributed by atoms with Crippen LogP contribution in [0, 0.1) is 17.0 Å². The average molecular weight is 272 g/mol. The molecule has 0 radical (unpaired) electrons. The van der Waals surface area contributed by atoms with Crippen LogP contribution < -0.4 is 11.1 Å². The second-order valence-electron chi connectivity index (χ2n) is 4.36. The van der Waals surface area contributed by atoms with Gasteiger partial charge in [0.2, 0.25) is 0 Å². The fraction of sp³-hybridized carbons (Fsp3) is 0.214. The number of non-ortho nitro benzene ring substituents is 1. The van der Waals surface area contributed by atoms with Crippen LogP contribution in [0.2, 0.25) is 0 Å². The monoisotopic (exact) mass is 272 g/mol. The topological polar surface area (TPSA) is 94.1 Å². The maximum absolute atomic E-state index is 10.9. The highest BCUT2D eigenvalue weighted by Gasteiger charge is 2.10. The second kappa shape index (κ2) is 6.12. The number of rotatable bonds is 5. The molecule has 0 aliphatic rings. The number of nitro groups is 1. The molecule has 2 aromatic rings. The fourth-order valence-electron chi connectivity index (χ4n) is 1.95. The smallest absolute Gasteiger partial charge is 0.270 e. The number of nitro benzene ring substituents is 1. The molecule has 0 saturated carbocycles. The van der Waals surface area contributed by atoms with E-state index in [0.717, 1.165) is 22.3 Å². The summed E-state index contributed by atoms with van der Waals surface area (Å²) in [6.07, 6.45) is 3.77. The molecule has 0 fully saturated rings. The number of nitrogens with one attached hydrogen (secondary N) is 1. The average Bonchev–Trinajstić information content (AvgIpc) is 2.42. The van der Waals surface area contributed by atoms with Crippen LogP contribution in [0.4, 0.5) is 11.4 Å². The molecule has 1 aromatic heterocycles. The number of benzene rings is 1. The van der Waals surface area contributed by atoms with E-state index >= 15 is 0 Å². The highest BCUT2D eigenvalue weighted by molar-refractivity contribution is 5.93. The molecule has 1 aromatic carbocycles. The number of nitrogens with two attached hydrogens (primary N) is 1. The van der Waals surface area contributed by atoms with E-state index in [4.69, 9.17) is 5.73 Å². The van der Waals surface area contributed by atoms with Gasteiger partial charge < -0.3 is 11.1 Å². The van der Waals surface area contributed by atoms with Gasteiger partial charge in [0.05, 0.1) is 10.4 Å². The summed E-state index contributed by atoms with van der Waals surface area (Å²) in [5.74, 6) is 0. The van der Waals surface area contributed by atoms with E-state index in [9.17, 15) is 10.1 Å². The Labute approximate surface area is 116 Å². The highest BCUT2D eigenvalue weighted by Crippen LogP contribution is 2.27. The van der Waals surface area contributed by atoms with Crippen LogP contribution in [-0.4, -0.2) is 23.0 Å². The summed E-state index contributed by atoms with van der Waals surface area (Å²) in [5, 5.41) is 14.8. The van der Waals surface area contributed by atoms with Gasteiger partial charge in [0, 0.05) is 42.0 Å². The number of fused-ring (bicyclic) bond motifs is 1. The molecule has 0 atom stereocenters. The van der Waals surface area contributed by atoms with Crippen LogP contribution >= 0.6 is 0 Å². The van der Waals surface area contributed by atoms with Gasteiger partial charge in [-0.3, -0.25) is 15.1 Å². The predicted octanol–water partition coefficient (Wildman–Crippen LogP) is 2.38. The molecule has 0 amide bonds. The third kappa shape index (κ3) is 3.10. The molecule has 6 nitrogen and oxygen atoms in total. The first-order valence-corrected chi connectivity index (χ1v) is 6.26. The van der Waals surface area contributed by atoms with Crippen molar-refractivity contribution in [1.29, 1.82) is 0 Å². The third-order valence-corrected chi connectivity index (χ3v) is 2.84. The van der Waals surface area contributed by atoms with E-state index in [2.05, 4.69) is 10.3 Å². The van der Waals surface area contributed by atoms with E-state index in [1.807, 2.05) is 25.1 Å². The summed E-state index contributed by atoms with van der Waals surface area (Å²) < 4.78 is 0. The first-order valence-electron chi connectivity index (χ1n) is 6.26. The number of pyridine rings is 1. The minimum absolute atomic E-state index is 0.0590. The lowest BCUT2D eigenvalue weighted by Gasteiger charge is -2.09. The molecule has 0 saturated heterocycles. The zero-order chi connectivity index (χ0) is 14.5. The second-order valence-corrected chi connectivity index (χ2v) is 4.36. The van der Waals surface area contributed by atoms with E-state index in [-0.39, 0.29) is 5.69 Å². The standard InChI is InChI=1S/C14H16N4O2/c1-10-8-14(16-7-3-2-6-15)12-9-11(18(19)20)4-5-13(12)17-10/h2-5,8-9H,6-7,15H2,1H3,(H,16,17)/b3-2+. The molecule has 1 heterocycles. The number of aromatic nitrogens is 1. The molecule has 2 rings (SSSR count). The lowest BCUT2D eigenvalue weighted by atomic mass is 10.1. The summed E-state index contributed by atoms with van der Waals surface area (Å²) in [4.78, 5) is 14.8. The summed E-state index contributed by atoms with van der Waals surface area (Å²) in [5.41, 5.74) is 7.86. The lowest BCUT2D eigenvalue weighted by molar-refractivity contribution is -0.384. The maximum atomic E-state index is 10.9. The molecular formula is C14H16N4O2. The van der Waals surface area contributed by atoms with Crippen molar-refractivity contribution in [3.05, 3.63) is 52.2 Å². The van der Waals surface area contributed by atoms with Crippen molar-refractivity contribution in [1.82, 2.24) is 4.98 Å². The van der Waals surface area contributed by atoms with Crippen LogP contribution in [0.15, 0.2) is 36.4 Å². The molecule has 6 heteroatoms. The largest absolute Gasteiger partial charge is 0.381 e. The molecule has 20 heavy (non-hydrogen) atoms. The van der Waals surface area contributed by atoms with Crippen molar-refractivity contribution in [2.24, 2.45) is 5.73 Å². The van der Waals surface area contributed by atoms with Gasteiger partial charge in [0.25, 0.3) is 5.69 Å².